The molecule has 0 fully saturated rings. The summed E-state index contributed by atoms with van der Waals surface area (Å²) in [4.78, 5) is 26.4. The molecule has 0 bridgehead atoms. The summed E-state index contributed by atoms with van der Waals surface area (Å²) in [7, 11) is 0. The first-order chi connectivity index (χ1) is 9.95. The standard InChI is InChI=1S/C16H16N2O3/c1-10-3-4-12(7-11(10)2)8-15(19)18-13-5-6-14(16(20)21)17-9-13/h3-7,9H,8H2,1-2H3,(H,18,19)(H,20,21). The molecular weight excluding hydrogens is 268 g/mol. The number of nitrogens with one attached hydrogen (secondary N) is 1. The van der Waals surface area contributed by atoms with Gasteiger partial charge in [-0.1, -0.05) is 18.2 Å². The number of carbonyl (C=O) groups is 2. The molecule has 2 N–H and O–H groups in total. The first-order valence-corrected chi connectivity index (χ1v) is 6.51. The molecule has 5 nitrogen and oxygen atoms in total. The lowest BCUT2D eigenvalue weighted by atomic mass is 10.0. The van der Waals surface area contributed by atoms with Crippen molar-refractivity contribution in [2.45, 2.75) is 20.3 Å². The van der Waals surface area contributed by atoms with Gasteiger partial charge in [0.1, 0.15) is 5.69 Å². The Kier molecular flexibility index (Phi) is 4.33. The van der Waals surface area contributed by atoms with Crippen molar-refractivity contribution in [2.24, 2.45) is 0 Å². The highest BCUT2D eigenvalue weighted by Crippen LogP contribution is 2.12. The maximum absolute atomic E-state index is 11.9. The number of hydrogen-bond donors (Lipinski definition) is 2. The number of anilines is 1. The molecule has 0 radical (unpaired) electrons. The molecule has 0 saturated carbocycles. The van der Waals surface area contributed by atoms with Crippen LogP contribution in [0.2, 0.25) is 0 Å². The van der Waals surface area contributed by atoms with E-state index in [4.69, 9.17) is 5.11 Å². The molecule has 1 heterocycles. The summed E-state index contributed by atoms with van der Waals surface area (Å²) in [6.45, 7) is 4.03. The summed E-state index contributed by atoms with van der Waals surface area (Å²) in [5.41, 5.74) is 3.70. The second-order valence-corrected chi connectivity index (χ2v) is 4.88. The number of rotatable bonds is 4. The second-order valence-electron chi connectivity index (χ2n) is 4.88. The summed E-state index contributed by atoms with van der Waals surface area (Å²) < 4.78 is 0. The lowest BCUT2D eigenvalue weighted by molar-refractivity contribution is -0.115. The Hall–Kier alpha value is -2.69. The van der Waals surface area contributed by atoms with E-state index in [-0.39, 0.29) is 18.0 Å². The number of pyridine rings is 1. The van der Waals surface area contributed by atoms with Crippen LogP contribution in [0.5, 0.6) is 0 Å². The van der Waals surface area contributed by atoms with Crippen LogP contribution in [0.15, 0.2) is 36.5 Å². The molecule has 0 aliphatic heterocycles. The molecule has 2 rings (SSSR count). The fraction of sp³-hybridized carbons (Fsp3) is 0.188. The second kappa shape index (κ2) is 6.17. The van der Waals surface area contributed by atoms with E-state index in [9.17, 15) is 9.59 Å². The molecule has 0 aliphatic carbocycles. The lowest BCUT2D eigenvalue weighted by Crippen LogP contribution is -2.15. The number of nitrogens with zero attached hydrogens (tertiary/aromatic N) is 1. The molecule has 1 aromatic carbocycles. The summed E-state index contributed by atoms with van der Waals surface area (Å²) in [5, 5.41) is 11.4. The summed E-state index contributed by atoms with van der Waals surface area (Å²) >= 11 is 0. The van der Waals surface area contributed by atoms with Gasteiger partial charge in [0.2, 0.25) is 5.91 Å². The molecule has 0 aliphatic rings. The molecule has 21 heavy (non-hydrogen) atoms. The molecular formula is C16H16N2O3. The van der Waals surface area contributed by atoms with Gasteiger partial charge in [-0.3, -0.25) is 4.79 Å². The Morgan fingerprint density at radius 1 is 1.14 bits per heavy atom. The first kappa shape index (κ1) is 14.7. The smallest absolute Gasteiger partial charge is 0.354 e. The van der Waals surface area contributed by atoms with Crippen LogP contribution in [-0.4, -0.2) is 22.0 Å². The molecule has 0 spiro atoms. The van der Waals surface area contributed by atoms with Crippen LogP contribution in [0.1, 0.15) is 27.2 Å². The van der Waals surface area contributed by atoms with Crippen molar-refractivity contribution in [3.63, 3.8) is 0 Å². The molecule has 2 aromatic rings. The third-order valence-electron chi connectivity index (χ3n) is 3.20. The van der Waals surface area contributed by atoms with Crippen LogP contribution < -0.4 is 5.32 Å². The highest BCUT2D eigenvalue weighted by Gasteiger charge is 2.07. The van der Waals surface area contributed by atoms with E-state index in [2.05, 4.69) is 10.3 Å². The van der Waals surface area contributed by atoms with Crippen LogP contribution >= 0.6 is 0 Å². The van der Waals surface area contributed by atoms with E-state index in [1.54, 1.807) is 0 Å². The Morgan fingerprint density at radius 3 is 2.48 bits per heavy atom. The maximum atomic E-state index is 11.9. The summed E-state index contributed by atoms with van der Waals surface area (Å²) in [5.74, 6) is -1.26. The minimum Gasteiger partial charge on any atom is -0.477 e. The van der Waals surface area contributed by atoms with E-state index >= 15 is 0 Å². The van der Waals surface area contributed by atoms with Crippen LogP contribution in [-0.2, 0) is 11.2 Å². The van der Waals surface area contributed by atoms with Gasteiger partial charge in [0, 0.05) is 0 Å². The molecule has 1 amide bonds. The monoisotopic (exact) mass is 284 g/mol. The third-order valence-corrected chi connectivity index (χ3v) is 3.20. The highest BCUT2D eigenvalue weighted by atomic mass is 16.4. The van der Waals surface area contributed by atoms with Gasteiger partial charge in [0.15, 0.2) is 0 Å². The van der Waals surface area contributed by atoms with E-state index in [1.807, 2.05) is 32.0 Å². The van der Waals surface area contributed by atoms with Crippen molar-refractivity contribution in [1.29, 1.82) is 0 Å². The van der Waals surface area contributed by atoms with Gasteiger partial charge in [-0.05, 0) is 42.7 Å². The zero-order chi connectivity index (χ0) is 15.4. The Balaban J connectivity index is 2.01. The predicted octanol–water partition coefficient (Wildman–Crippen LogP) is 2.58. The quantitative estimate of drug-likeness (QED) is 0.904. The number of carboxylic acid groups (broad SMARTS) is 1. The first-order valence-electron chi connectivity index (χ1n) is 6.51. The number of carbonyl (C=O) groups excluding carboxylic acids is 1. The lowest BCUT2D eigenvalue weighted by Gasteiger charge is -2.07. The topological polar surface area (TPSA) is 79.3 Å². The van der Waals surface area contributed by atoms with E-state index in [1.165, 1.54) is 23.9 Å². The molecule has 0 saturated heterocycles. The van der Waals surface area contributed by atoms with Gasteiger partial charge in [-0.2, -0.15) is 0 Å². The minimum absolute atomic E-state index is 0.0536. The number of hydrogen-bond acceptors (Lipinski definition) is 3. The summed E-state index contributed by atoms with van der Waals surface area (Å²) in [6.07, 6.45) is 1.60. The van der Waals surface area contributed by atoms with Crippen LogP contribution in [0.4, 0.5) is 5.69 Å². The number of carboxylic acids is 1. The molecule has 0 atom stereocenters. The molecule has 5 heteroatoms. The van der Waals surface area contributed by atoms with Crippen LogP contribution in [0, 0.1) is 13.8 Å². The fourth-order valence-electron chi connectivity index (χ4n) is 1.90. The van der Waals surface area contributed by atoms with Gasteiger partial charge in [0.25, 0.3) is 0 Å². The number of aromatic carboxylic acids is 1. The van der Waals surface area contributed by atoms with E-state index in [0.717, 1.165) is 11.1 Å². The van der Waals surface area contributed by atoms with Crippen molar-refractivity contribution >= 4 is 17.6 Å². The van der Waals surface area contributed by atoms with Gasteiger partial charge < -0.3 is 10.4 Å². The maximum Gasteiger partial charge on any atom is 0.354 e. The summed E-state index contributed by atoms with van der Waals surface area (Å²) in [6, 6.07) is 8.78. The fourth-order valence-corrected chi connectivity index (χ4v) is 1.90. The SMILES string of the molecule is Cc1ccc(CC(=O)Nc2ccc(C(=O)O)nc2)cc1C. The zero-order valence-electron chi connectivity index (χ0n) is 11.9. The molecule has 108 valence electrons. The van der Waals surface area contributed by atoms with Crippen molar-refractivity contribution in [1.82, 2.24) is 4.98 Å². The average molecular weight is 284 g/mol. The average Bonchev–Trinajstić information content (AvgIpc) is 2.43. The zero-order valence-corrected chi connectivity index (χ0v) is 11.9. The number of aromatic nitrogens is 1. The number of aryl methyl sites for hydroxylation is 2. The van der Waals surface area contributed by atoms with Crippen molar-refractivity contribution in [3.05, 3.63) is 58.9 Å². The van der Waals surface area contributed by atoms with E-state index < -0.39 is 5.97 Å². The molecule has 0 unspecified atom stereocenters. The van der Waals surface area contributed by atoms with Crippen LogP contribution in [0.3, 0.4) is 0 Å². The van der Waals surface area contributed by atoms with E-state index in [0.29, 0.717) is 5.69 Å². The minimum atomic E-state index is -1.09. The van der Waals surface area contributed by atoms with Crippen molar-refractivity contribution in [2.75, 3.05) is 5.32 Å². The van der Waals surface area contributed by atoms with Crippen LogP contribution in [0.25, 0.3) is 0 Å². The Bertz CT molecular complexity index is 678. The Morgan fingerprint density at radius 2 is 1.90 bits per heavy atom. The normalized spacial score (nSPS) is 10.2. The highest BCUT2D eigenvalue weighted by molar-refractivity contribution is 5.92. The van der Waals surface area contributed by atoms with Gasteiger partial charge in [-0.15, -0.1) is 0 Å². The number of amides is 1. The Labute approximate surface area is 122 Å². The predicted molar refractivity (Wildman–Crippen MR) is 79.4 cm³/mol. The molecule has 1 aromatic heterocycles. The van der Waals surface area contributed by atoms with Gasteiger partial charge >= 0.3 is 5.97 Å². The van der Waals surface area contributed by atoms with Crippen molar-refractivity contribution < 1.29 is 14.7 Å². The third kappa shape index (κ3) is 3.89. The van der Waals surface area contributed by atoms with Gasteiger partial charge in [-0.25, -0.2) is 9.78 Å². The number of benzene rings is 1. The van der Waals surface area contributed by atoms with Gasteiger partial charge in [0.05, 0.1) is 18.3 Å². The van der Waals surface area contributed by atoms with Crippen molar-refractivity contribution in [3.8, 4) is 0 Å². The largest absolute Gasteiger partial charge is 0.477 e.